The number of para-hydroxylation sites is 1. The van der Waals surface area contributed by atoms with E-state index in [2.05, 4.69) is 9.97 Å². The second kappa shape index (κ2) is 11.2. The number of nitrogens with zero attached hydrogens (tertiary/aromatic N) is 2. The van der Waals surface area contributed by atoms with E-state index in [0.717, 1.165) is 18.5 Å². The fraction of sp³-hybridized carbons (Fsp3) is 0.241. The standard InChI is InChI=1S/C29H30FN3O4S/c1-4-6-12-24-25(33(5-2)21-10-8-7-9-11-21)26(34)27(29(35)32-24)38(36,37)22-15-13-20(14-16-22)23-17-18-31-28(30)19(23)3/h7-11,13-18H,4-6,12H2,1-3H3,(H2,32,34,35). The molecule has 0 bridgehead atoms. The first kappa shape index (κ1) is 27.1. The van der Waals surface area contributed by atoms with Gasteiger partial charge in [0.1, 0.15) is 5.69 Å². The molecule has 0 saturated carbocycles. The van der Waals surface area contributed by atoms with E-state index in [1.54, 1.807) is 30.0 Å². The zero-order valence-corrected chi connectivity index (χ0v) is 22.3. The van der Waals surface area contributed by atoms with Crippen molar-refractivity contribution in [1.29, 1.82) is 0 Å². The van der Waals surface area contributed by atoms with Crippen LogP contribution < -0.4 is 10.5 Å². The maximum absolute atomic E-state index is 13.9. The van der Waals surface area contributed by atoms with E-state index in [4.69, 9.17) is 0 Å². The Morgan fingerprint density at radius 2 is 1.71 bits per heavy atom. The molecular formula is C29H30FN3O4S. The SMILES string of the molecule is CCCCc1[nH]c(=O)c(S(=O)(=O)c2ccc(-c3ccnc(F)c3C)cc2)c(O)c1N(CC)c1ccccc1. The fourth-order valence-corrected chi connectivity index (χ4v) is 5.89. The summed E-state index contributed by atoms with van der Waals surface area (Å²) in [6.45, 7) is 5.92. The van der Waals surface area contributed by atoms with Crippen LogP contribution in [0.25, 0.3) is 11.1 Å². The van der Waals surface area contributed by atoms with Crippen LogP contribution in [0.4, 0.5) is 15.8 Å². The zero-order chi connectivity index (χ0) is 27.4. The van der Waals surface area contributed by atoms with Gasteiger partial charge in [0.2, 0.25) is 15.8 Å². The third-order valence-corrected chi connectivity index (χ3v) is 8.33. The Balaban J connectivity index is 1.86. The molecule has 0 amide bonds. The molecule has 2 aromatic carbocycles. The highest BCUT2D eigenvalue weighted by Crippen LogP contribution is 2.40. The van der Waals surface area contributed by atoms with Crippen LogP contribution in [-0.4, -0.2) is 30.0 Å². The molecule has 0 spiro atoms. The molecule has 9 heteroatoms. The van der Waals surface area contributed by atoms with E-state index < -0.39 is 32.0 Å². The number of hydrogen-bond donors (Lipinski definition) is 2. The Morgan fingerprint density at radius 3 is 2.34 bits per heavy atom. The molecule has 2 heterocycles. The van der Waals surface area contributed by atoms with Crippen molar-refractivity contribution in [3.63, 3.8) is 0 Å². The normalized spacial score (nSPS) is 11.5. The second-order valence-electron chi connectivity index (χ2n) is 8.94. The summed E-state index contributed by atoms with van der Waals surface area (Å²) >= 11 is 0. The molecule has 0 aliphatic rings. The van der Waals surface area contributed by atoms with Crippen LogP contribution in [0.2, 0.25) is 0 Å². The first-order chi connectivity index (χ1) is 18.2. The maximum Gasteiger partial charge on any atom is 0.271 e. The van der Waals surface area contributed by atoms with Crippen molar-refractivity contribution >= 4 is 21.2 Å². The predicted octanol–water partition coefficient (Wildman–Crippen LogP) is 5.92. The maximum atomic E-state index is 13.9. The van der Waals surface area contributed by atoms with Crippen LogP contribution >= 0.6 is 0 Å². The van der Waals surface area contributed by atoms with Crippen LogP contribution in [0, 0.1) is 12.9 Å². The molecule has 38 heavy (non-hydrogen) atoms. The smallest absolute Gasteiger partial charge is 0.271 e. The van der Waals surface area contributed by atoms with Crippen molar-refractivity contribution in [3.8, 4) is 16.9 Å². The molecule has 0 radical (unpaired) electrons. The minimum absolute atomic E-state index is 0.163. The lowest BCUT2D eigenvalue weighted by molar-refractivity contribution is 0.454. The molecule has 7 nitrogen and oxygen atoms in total. The summed E-state index contributed by atoms with van der Waals surface area (Å²) in [7, 11) is -4.41. The van der Waals surface area contributed by atoms with Gasteiger partial charge in [-0.25, -0.2) is 13.4 Å². The number of aromatic hydroxyl groups is 1. The summed E-state index contributed by atoms with van der Waals surface area (Å²) < 4.78 is 41.3. The molecule has 0 aliphatic carbocycles. The number of aromatic nitrogens is 2. The number of H-pyrrole nitrogens is 1. The summed E-state index contributed by atoms with van der Waals surface area (Å²) in [6.07, 6.45) is 3.41. The van der Waals surface area contributed by atoms with Crippen LogP contribution in [0.1, 0.15) is 37.9 Å². The van der Waals surface area contributed by atoms with Gasteiger partial charge in [0, 0.05) is 29.7 Å². The largest absolute Gasteiger partial charge is 0.504 e. The van der Waals surface area contributed by atoms with Crippen molar-refractivity contribution in [2.45, 2.75) is 49.8 Å². The molecular weight excluding hydrogens is 505 g/mol. The molecule has 2 aromatic heterocycles. The summed E-state index contributed by atoms with van der Waals surface area (Å²) in [5.41, 5.74) is 2.13. The fourth-order valence-electron chi connectivity index (χ4n) is 4.52. The minimum atomic E-state index is -4.41. The van der Waals surface area contributed by atoms with E-state index >= 15 is 0 Å². The lowest BCUT2D eigenvalue weighted by Crippen LogP contribution is -2.25. The lowest BCUT2D eigenvalue weighted by atomic mass is 10.0. The molecule has 2 N–H and O–H groups in total. The van der Waals surface area contributed by atoms with E-state index in [1.165, 1.54) is 18.3 Å². The Morgan fingerprint density at radius 1 is 1.03 bits per heavy atom. The number of aryl methyl sites for hydroxylation is 1. The van der Waals surface area contributed by atoms with E-state index in [-0.39, 0.29) is 10.6 Å². The highest BCUT2D eigenvalue weighted by molar-refractivity contribution is 7.91. The second-order valence-corrected chi connectivity index (χ2v) is 10.8. The number of hydrogen-bond acceptors (Lipinski definition) is 6. The summed E-state index contributed by atoms with van der Waals surface area (Å²) in [4.78, 5) is 20.4. The van der Waals surface area contributed by atoms with Gasteiger partial charge >= 0.3 is 0 Å². The minimum Gasteiger partial charge on any atom is -0.504 e. The number of nitrogens with one attached hydrogen (secondary N) is 1. The Bertz CT molecular complexity index is 1600. The molecule has 0 fully saturated rings. The average molecular weight is 536 g/mol. The number of unbranched alkanes of at least 4 members (excludes halogenated alkanes) is 1. The number of halogens is 1. The van der Waals surface area contributed by atoms with Gasteiger partial charge in [0.05, 0.1) is 4.90 Å². The predicted molar refractivity (Wildman–Crippen MR) is 146 cm³/mol. The van der Waals surface area contributed by atoms with Gasteiger partial charge in [-0.1, -0.05) is 43.7 Å². The summed E-state index contributed by atoms with van der Waals surface area (Å²) in [5, 5.41) is 11.4. The van der Waals surface area contributed by atoms with Gasteiger partial charge in [-0.05, 0) is 68.1 Å². The topological polar surface area (TPSA) is 103 Å². The van der Waals surface area contributed by atoms with Crippen molar-refractivity contribution in [1.82, 2.24) is 9.97 Å². The number of sulfone groups is 1. The van der Waals surface area contributed by atoms with Crippen molar-refractivity contribution in [3.05, 3.63) is 94.4 Å². The van der Waals surface area contributed by atoms with Crippen LogP contribution in [-0.2, 0) is 16.3 Å². The molecule has 4 aromatic rings. The number of rotatable bonds is 9. The molecule has 4 rings (SSSR count). The van der Waals surface area contributed by atoms with Crippen molar-refractivity contribution in [2.24, 2.45) is 0 Å². The average Bonchev–Trinajstić information content (AvgIpc) is 2.91. The Labute approximate surface area is 221 Å². The third kappa shape index (κ3) is 5.06. The van der Waals surface area contributed by atoms with Crippen molar-refractivity contribution in [2.75, 3.05) is 11.4 Å². The molecule has 0 saturated heterocycles. The molecule has 198 valence electrons. The highest BCUT2D eigenvalue weighted by Gasteiger charge is 2.31. The van der Waals surface area contributed by atoms with Gasteiger partial charge in [0.15, 0.2) is 10.6 Å². The van der Waals surface area contributed by atoms with Gasteiger partial charge in [0.25, 0.3) is 5.56 Å². The molecule has 0 aliphatic heterocycles. The summed E-state index contributed by atoms with van der Waals surface area (Å²) in [6, 6.07) is 16.7. The number of anilines is 2. The Kier molecular flexibility index (Phi) is 7.97. The third-order valence-electron chi connectivity index (χ3n) is 6.52. The number of aromatic amines is 1. The number of benzene rings is 2. The first-order valence-corrected chi connectivity index (χ1v) is 14.0. The lowest BCUT2D eigenvalue weighted by Gasteiger charge is -2.27. The van der Waals surface area contributed by atoms with Gasteiger partial charge in [-0.15, -0.1) is 0 Å². The van der Waals surface area contributed by atoms with Gasteiger partial charge in [-0.3, -0.25) is 4.79 Å². The first-order valence-electron chi connectivity index (χ1n) is 12.5. The van der Waals surface area contributed by atoms with E-state index in [9.17, 15) is 22.7 Å². The van der Waals surface area contributed by atoms with E-state index in [1.807, 2.05) is 44.2 Å². The molecule has 0 atom stereocenters. The monoisotopic (exact) mass is 535 g/mol. The highest BCUT2D eigenvalue weighted by atomic mass is 32.2. The quantitative estimate of drug-likeness (QED) is 0.258. The van der Waals surface area contributed by atoms with Crippen LogP contribution in [0.3, 0.4) is 0 Å². The van der Waals surface area contributed by atoms with Gasteiger partial charge < -0.3 is 15.0 Å². The van der Waals surface area contributed by atoms with Crippen LogP contribution in [0.5, 0.6) is 5.75 Å². The number of pyridine rings is 2. The van der Waals surface area contributed by atoms with E-state index in [0.29, 0.717) is 35.3 Å². The Hall–Kier alpha value is -3.98. The summed E-state index contributed by atoms with van der Waals surface area (Å²) in [5.74, 6) is -1.19. The van der Waals surface area contributed by atoms with Crippen LogP contribution in [0.15, 0.2) is 81.4 Å². The zero-order valence-electron chi connectivity index (χ0n) is 21.5. The van der Waals surface area contributed by atoms with Gasteiger partial charge in [-0.2, -0.15) is 4.39 Å². The van der Waals surface area contributed by atoms with Crippen molar-refractivity contribution < 1.29 is 17.9 Å². The molecule has 0 unspecified atom stereocenters.